The average Bonchev–Trinajstić information content (AvgIpc) is 3.50. The van der Waals surface area contributed by atoms with Crippen LogP contribution in [-0.4, -0.2) is 91.2 Å². The quantitative estimate of drug-likeness (QED) is 0.476. The van der Waals surface area contributed by atoms with E-state index >= 15 is 0 Å². The van der Waals surface area contributed by atoms with Gasteiger partial charge in [-0.3, -0.25) is 19.5 Å². The van der Waals surface area contributed by atoms with Crippen molar-refractivity contribution in [3.05, 3.63) is 40.6 Å². The molecule has 12 heteroatoms. The van der Waals surface area contributed by atoms with E-state index in [1.165, 1.54) is 0 Å². The van der Waals surface area contributed by atoms with Gasteiger partial charge in [0, 0.05) is 52.3 Å². The van der Waals surface area contributed by atoms with E-state index in [1.807, 2.05) is 11.0 Å². The molecule has 36 heavy (non-hydrogen) atoms. The van der Waals surface area contributed by atoms with Crippen molar-refractivity contribution in [2.24, 2.45) is 16.0 Å². The number of likely N-dealkylation sites (tertiary alicyclic amines) is 1. The average molecular weight is 501 g/mol. The highest BCUT2D eigenvalue weighted by atomic mass is 19.1. The molecule has 2 fully saturated rings. The van der Waals surface area contributed by atoms with E-state index in [0.717, 1.165) is 25.8 Å². The summed E-state index contributed by atoms with van der Waals surface area (Å²) in [6.07, 6.45) is 7.33. The van der Waals surface area contributed by atoms with Gasteiger partial charge >= 0.3 is 0 Å². The molecular weight excluding hydrogens is 467 g/mol. The van der Waals surface area contributed by atoms with Crippen molar-refractivity contribution in [1.29, 1.82) is 0 Å². The first-order chi connectivity index (χ1) is 17.5. The SMILES string of the molecule is CN=C1C=C(Nc2cccn([C@H]3CCN(CCF)C3)c2=O)NC2C(C(=O)NC3CCC3OC)C=NN12. The van der Waals surface area contributed by atoms with Crippen LogP contribution < -0.4 is 21.5 Å². The number of amides is 1. The van der Waals surface area contributed by atoms with Crippen molar-refractivity contribution in [2.45, 2.75) is 43.6 Å². The molecular formula is C24H33FN8O3. The van der Waals surface area contributed by atoms with E-state index in [0.29, 0.717) is 30.4 Å². The van der Waals surface area contributed by atoms with Crippen LogP contribution in [0.2, 0.25) is 0 Å². The number of hydrogen-bond acceptors (Lipinski definition) is 8. The second-order valence-electron chi connectivity index (χ2n) is 9.52. The van der Waals surface area contributed by atoms with Crippen LogP contribution in [0, 0.1) is 5.92 Å². The zero-order chi connectivity index (χ0) is 25.2. The zero-order valence-corrected chi connectivity index (χ0v) is 20.6. The number of fused-ring (bicyclic) bond motifs is 1. The maximum atomic E-state index is 13.3. The molecule has 194 valence electrons. The number of aliphatic imine (C=N–C) groups is 1. The number of aromatic nitrogens is 1. The maximum absolute atomic E-state index is 13.3. The summed E-state index contributed by atoms with van der Waals surface area (Å²) >= 11 is 0. The lowest BCUT2D eigenvalue weighted by atomic mass is 9.88. The first-order valence-corrected chi connectivity index (χ1v) is 12.4. The number of ether oxygens (including phenoxy) is 1. The molecule has 1 amide bonds. The summed E-state index contributed by atoms with van der Waals surface area (Å²) in [6.45, 7) is 1.42. The van der Waals surface area contributed by atoms with Gasteiger partial charge in [-0.15, -0.1) is 0 Å². The Balaban J connectivity index is 1.30. The summed E-state index contributed by atoms with van der Waals surface area (Å²) in [5, 5.41) is 15.7. The standard InChI is InChI=1S/C24H33FN8O3/c1-26-21-12-20(28-18-4-3-9-32(24(18)35)15-7-10-31(14-15)11-8-25)30-22-16(13-27-33(21)22)23(34)29-17-5-6-19(17)36-2/h3-4,9,12-13,15-17,19,22,28,30H,5-8,10-11,14H2,1-2H3,(H,29,34)/t15-,16?,17?,19?,22?/m0/s1. The molecule has 0 spiro atoms. The molecule has 1 aromatic rings. The van der Waals surface area contributed by atoms with Crippen molar-refractivity contribution in [1.82, 2.24) is 25.1 Å². The van der Waals surface area contributed by atoms with Crippen molar-refractivity contribution in [3.8, 4) is 0 Å². The van der Waals surface area contributed by atoms with Crippen molar-refractivity contribution >= 4 is 23.6 Å². The fourth-order valence-corrected chi connectivity index (χ4v) is 5.24. The van der Waals surface area contributed by atoms with Gasteiger partial charge in [0.05, 0.1) is 18.2 Å². The number of pyridine rings is 1. The summed E-state index contributed by atoms with van der Waals surface area (Å²) in [7, 11) is 3.31. The molecule has 1 saturated heterocycles. The third kappa shape index (κ3) is 4.62. The van der Waals surface area contributed by atoms with Crippen LogP contribution in [-0.2, 0) is 9.53 Å². The third-order valence-corrected chi connectivity index (χ3v) is 7.43. The number of anilines is 1. The number of halogens is 1. The number of carbonyl (C=O) groups is 1. The molecule has 3 aliphatic heterocycles. The van der Waals surface area contributed by atoms with Crippen LogP contribution >= 0.6 is 0 Å². The Bertz CT molecular complexity index is 1130. The first-order valence-electron chi connectivity index (χ1n) is 12.4. The van der Waals surface area contributed by atoms with Gasteiger partial charge in [-0.25, -0.2) is 9.40 Å². The highest BCUT2D eigenvalue weighted by Crippen LogP contribution is 2.26. The molecule has 5 rings (SSSR count). The second-order valence-corrected chi connectivity index (χ2v) is 9.52. The number of hydrogen-bond donors (Lipinski definition) is 3. The van der Waals surface area contributed by atoms with Crippen molar-refractivity contribution < 1.29 is 13.9 Å². The highest BCUT2D eigenvalue weighted by Gasteiger charge is 2.42. The minimum absolute atomic E-state index is 0.000178. The zero-order valence-electron chi connectivity index (χ0n) is 20.6. The Hall–Kier alpha value is -3.25. The predicted octanol–water partition coefficient (Wildman–Crippen LogP) is 0.487. The third-order valence-electron chi connectivity index (χ3n) is 7.43. The number of methoxy groups -OCH3 is 1. The molecule has 4 heterocycles. The minimum atomic E-state index is -0.544. The molecule has 4 unspecified atom stereocenters. The summed E-state index contributed by atoms with van der Waals surface area (Å²) in [4.78, 5) is 32.7. The number of nitrogens with zero attached hydrogens (tertiary/aromatic N) is 5. The lowest BCUT2D eigenvalue weighted by Gasteiger charge is -2.38. The van der Waals surface area contributed by atoms with Gasteiger partial charge in [-0.05, 0) is 31.4 Å². The van der Waals surface area contributed by atoms with Crippen LogP contribution in [0.3, 0.4) is 0 Å². The fraction of sp³-hybridized carbons (Fsp3) is 0.583. The first kappa shape index (κ1) is 24.4. The molecule has 0 aromatic carbocycles. The van der Waals surface area contributed by atoms with Crippen LogP contribution in [0.1, 0.15) is 25.3 Å². The van der Waals surface area contributed by atoms with E-state index in [9.17, 15) is 14.0 Å². The molecule has 11 nitrogen and oxygen atoms in total. The number of hydrazone groups is 1. The maximum Gasteiger partial charge on any atom is 0.274 e. The Morgan fingerprint density at radius 3 is 2.94 bits per heavy atom. The van der Waals surface area contributed by atoms with Gasteiger partial charge in [-0.1, -0.05) is 0 Å². The molecule has 1 aromatic heterocycles. The predicted molar refractivity (Wildman–Crippen MR) is 135 cm³/mol. The van der Waals surface area contributed by atoms with E-state index in [1.54, 1.807) is 48.3 Å². The van der Waals surface area contributed by atoms with E-state index in [2.05, 4.69) is 26.0 Å². The Labute approximate surface area is 209 Å². The normalized spacial score (nSPS) is 30.5. The van der Waals surface area contributed by atoms with Gasteiger partial charge < -0.3 is 25.3 Å². The molecule has 0 radical (unpaired) electrons. The smallest absolute Gasteiger partial charge is 0.274 e. The van der Waals surface area contributed by atoms with Crippen LogP contribution in [0.15, 0.2) is 45.1 Å². The minimum Gasteiger partial charge on any atom is -0.379 e. The van der Waals surface area contributed by atoms with E-state index in [4.69, 9.17) is 4.74 Å². The number of carbonyl (C=O) groups excluding carboxylic acids is 1. The Morgan fingerprint density at radius 1 is 1.36 bits per heavy atom. The number of alkyl halides is 1. The molecule has 1 saturated carbocycles. The van der Waals surface area contributed by atoms with Gasteiger partial charge in [0.15, 0.2) is 0 Å². The Kier molecular flexibility index (Phi) is 7.06. The number of nitrogens with one attached hydrogen (secondary N) is 3. The summed E-state index contributed by atoms with van der Waals surface area (Å²) in [6, 6.07) is 3.55. The van der Waals surface area contributed by atoms with Gasteiger partial charge in [0.25, 0.3) is 5.56 Å². The van der Waals surface area contributed by atoms with E-state index in [-0.39, 0.29) is 36.3 Å². The monoisotopic (exact) mass is 500 g/mol. The highest BCUT2D eigenvalue weighted by molar-refractivity contribution is 6.01. The van der Waals surface area contributed by atoms with Crippen molar-refractivity contribution in [3.63, 3.8) is 0 Å². The number of amidine groups is 1. The van der Waals surface area contributed by atoms with E-state index < -0.39 is 12.1 Å². The van der Waals surface area contributed by atoms with Crippen molar-refractivity contribution in [2.75, 3.05) is 45.8 Å². The Morgan fingerprint density at radius 2 is 2.22 bits per heavy atom. The van der Waals surface area contributed by atoms with Crippen LogP contribution in [0.25, 0.3) is 0 Å². The second kappa shape index (κ2) is 10.4. The van der Waals surface area contributed by atoms with Gasteiger partial charge in [0.1, 0.15) is 36.1 Å². The molecule has 5 atom stereocenters. The van der Waals surface area contributed by atoms with Crippen LogP contribution in [0.4, 0.5) is 10.1 Å². The molecule has 4 aliphatic rings. The number of rotatable bonds is 8. The molecule has 1 aliphatic carbocycles. The largest absolute Gasteiger partial charge is 0.379 e. The fourth-order valence-electron chi connectivity index (χ4n) is 5.24. The summed E-state index contributed by atoms with van der Waals surface area (Å²) in [5.74, 6) is 0.445. The van der Waals surface area contributed by atoms with Crippen LogP contribution in [0.5, 0.6) is 0 Å². The topological polar surface area (TPSA) is 116 Å². The molecule has 3 N–H and O–H groups in total. The lowest BCUT2D eigenvalue weighted by molar-refractivity contribution is -0.127. The summed E-state index contributed by atoms with van der Waals surface area (Å²) in [5.41, 5.74) is 0.249. The summed E-state index contributed by atoms with van der Waals surface area (Å²) < 4.78 is 19.9. The van der Waals surface area contributed by atoms with Gasteiger partial charge in [-0.2, -0.15) is 5.10 Å². The molecule has 0 bridgehead atoms. The van der Waals surface area contributed by atoms with Gasteiger partial charge in [0.2, 0.25) is 5.91 Å². The lowest BCUT2D eigenvalue weighted by Crippen LogP contribution is -2.58.